The van der Waals surface area contributed by atoms with Crippen LogP contribution in [0.1, 0.15) is 17.2 Å². The van der Waals surface area contributed by atoms with Gasteiger partial charge in [-0.1, -0.05) is 24.3 Å². The zero-order valence-corrected chi connectivity index (χ0v) is 8.51. The van der Waals surface area contributed by atoms with Crippen LogP contribution in [0.2, 0.25) is 0 Å². The van der Waals surface area contributed by atoms with Crippen LogP contribution in [-0.4, -0.2) is 24.1 Å². The number of likely N-dealkylation sites (N-methyl/N-ethyl adjacent to an activating group) is 1. The molecule has 1 rings (SSSR count). The molecule has 5 nitrogen and oxygen atoms in total. The van der Waals surface area contributed by atoms with Gasteiger partial charge in [0.2, 0.25) is 0 Å². The van der Waals surface area contributed by atoms with Gasteiger partial charge in [-0.25, -0.2) is 9.78 Å². The molecule has 0 bridgehead atoms. The summed E-state index contributed by atoms with van der Waals surface area (Å²) in [7, 11) is 1.78. The highest BCUT2D eigenvalue weighted by molar-refractivity contribution is 5.24. The highest BCUT2D eigenvalue weighted by Crippen LogP contribution is 2.16. The third-order valence-corrected chi connectivity index (χ3v) is 2.10. The summed E-state index contributed by atoms with van der Waals surface area (Å²) >= 11 is 0. The first-order chi connectivity index (χ1) is 7.31. The average Bonchev–Trinajstić information content (AvgIpc) is 2.28. The van der Waals surface area contributed by atoms with Crippen molar-refractivity contribution >= 4 is 0 Å². The second kappa shape index (κ2) is 6.49. The number of hydrogen-bond acceptors (Lipinski definition) is 5. The molecular weight excluding hydrogens is 198 g/mol. The average molecular weight is 213 g/mol. The van der Waals surface area contributed by atoms with E-state index in [-0.39, 0.29) is 12.7 Å². The van der Waals surface area contributed by atoms with Crippen LogP contribution in [0.3, 0.4) is 0 Å². The van der Waals surface area contributed by atoms with Crippen LogP contribution < -0.4 is 5.32 Å². The van der Waals surface area contributed by atoms with Gasteiger partial charge in [0, 0.05) is 6.54 Å². The summed E-state index contributed by atoms with van der Waals surface area (Å²) in [6.07, 6.45) is -0.390. The molecule has 0 saturated heterocycles. The maximum atomic E-state index is 8.68. The van der Waals surface area contributed by atoms with Crippen LogP contribution in [0.5, 0.6) is 0 Å². The van der Waals surface area contributed by atoms with Crippen LogP contribution in [0, 0.1) is 0 Å². The van der Waals surface area contributed by atoms with Crippen molar-refractivity contribution in [3.8, 4) is 0 Å². The minimum atomic E-state index is -0.390. The largest absolute Gasteiger partial charge is 0.317 e. The summed E-state index contributed by atoms with van der Waals surface area (Å²) in [4.78, 5) is 8.34. The Bertz CT molecular complexity index is 275. The molecule has 0 radical (unpaired) electrons. The Hall–Kier alpha value is -0.980. The fourth-order valence-corrected chi connectivity index (χ4v) is 1.30. The highest BCUT2D eigenvalue weighted by atomic mass is 17.1. The fraction of sp³-hybridized carbons (Fsp3) is 0.400. The van der Waals surface area contributed by atoms with E-state index < -0.39 is 0 Å². The van der Waals surface area contributed by atoms with Crippen LogP contribution in [0.4, 0.5) is 0 Å². The molecular formula is C10H15NO4. The van der Waals surface area contributed by atoms with E-state index in [1.165, 1.54) is 0 Å². The van der Waals surface area contributed by atoms with Crippen molar-refractivity contribution in [3.05, 3.63) is 35.4 Å². The molecule has 15 heavy (non-hydrogen) atoms. The smallest absolute Gasteiger partial charge is 0.130 e. The lowest BCUT2D eigenvalue weighted by molar-refractivity contribution is -0.280. The molecule has 1 unspecified atom stereocenters. The molecule has 1 aromatic rings. The van der Waals surface area contributed by atoms with E-state index in [4.69, 9.17) is 10.5 Å². The summed E-state index contributed by atoms with van der Waals surface area (Å²) < 4.78 is 0. The molecule has 1 atom stereocenters. The Morgan fingerprint density at radius 1 is 1.27 bits per heavy atom. The third-order valence-electron chi connectivity index (χ3n) is 2.10. The minimum Gasteiger partial charge on any atom is -0.317 e. The Balaban J connectivity index is 2.68. The molecule has 0 amide bonds. The standard InChI is InChI=1S/C10H15NO4/c1-11-6-10(15-13)9-4-2-8(3-5-9)7-14-12/h2-5,10-13H,6-7H2,1H3. The Kier molecular flexibility index (Phi) is 5.23. The van der Waals surface area contributed by atoms with Gasteiger partial charge in [0.1, 0.15) is 12.7 Å². The zero-order chi connectivity index (χ0) is 11.1. The molecule has 3 N–H and O–H groups in total. The SMILES string of the molecule is CNCC(OO)c1ccc(COO)cc1. The first kappa shape index (κ1) is 12.1. The fourth-order valence-electron chi connectivity index (χ4n) is 1.30. The summed E-state index contributed by atoms with van der Waals surface area (Å²) in [5, 5.41) is 19.8. The van der Waals surface area contributed by atoms with Gasteiger partial charge in [0.15, 0.2) is 0 Å². The molecule has 0 aliphatic rings. The van der Waals surface area contributed by atoms with Crippen LogP contribution in [0.25, 0.3) is 0 Å². The quantitative estimate of drug-likeness (QED) is 0.492. The first-order valence-corrected chi connectivity index (χ1v) is 4.61. The summed E-state index contributed by atoms with van der Waals surface area (Å²) in [5.41, 5.74) is 1.70. The Morgan fingerprint density at radius 2 is 1.93 bits per heavy atom. The van der Waals surface area contributed by atoms with Crippen molar-refractivity contribution in [3.63, 3.8) is 0 Å². The lowest BCUT2D eigenvalue weighted by atomic mass is 10.1. The molecule has 0 fully saturated rings. The predicted octanol–water partition coefficient (Wildman–Crippen LogP) is 1.43. The number of benzene rings is 1. The first-order valence-electron chi connectivity index (χ1n) is 4.61. The topological polar surface area (TPSA) is 71.0 Å². The lowest BCUT2D eigenvalue weighted by Crippen LogP contribution is -2.18. The molecule has 84 valence electrons. The van der Waals surface area contributed by atoms with E-state index in [0.29, 0.717) is 6.54 Å². The Labute approximate surface area is 88.1 Å². The highest BCUT2D eigenvalue weighted by Gasteiger charge is 2.10. The van der Waals surface area contributed by atoms with Gasteiger partial charge in [-0.15, -0.1) is 0 Å². The molecule has 0 aliphatic heterocycles. The molecule has 0 aromatic heterocycles. The van der Waals surface area contributed by atoms with Gasteiger partial charge in [-0.2, -0.15) is 0 Å². The van der Waals surface area contributed by atoms with E-state index >= 15 is 0 Å². The van der Waals surface area contributed by atoms with E-state index in [1.807, 2.05) is 12.1 Å². The van der Waals surface area contributed by atoms with Crippen LogP contribution in [-0.2, 0) is 16.4 Å². The summed E-state index contributed by atoms with van der Waals surface area (Å²) in [5.74, 6) is 0. The van der Waals surface area contributed by atoms with Crippen LogP contribution in [0.15, 0.2) is 24.3 Å². The lowest BCUT2D eigenvalue weighted by Gasteiger charge is -2.13. The number of rotatable bonds is 6. The molecule has 0 spiro atoms. The van der Waals surface area contributed by atoms with Gasteiger partial charge in [0.05, 0.1) is 0 Å². The normalized spacial score (nSPS) is 12.7. The third kappa shape index (κ3) is 3.58. The van der Waals surface area contributed by atoms with E-state index in [2.05, 4.69) is 15.1 Å². The summed E-state index contributed by atoms with van der Waals surface area (Å²) in [6.45, 7) is 0.670. The van der Waals surface area contributed by atoms with E-state index in [9.17, 15) is 0 Å². The van der Waals surface area contributed by atoms with Crippen molar-refractivity contribution in [2.45, 2.75) is 12.7 Å². The number of hydrogen-bond donors (Lipinski definition) is 3. The van der Waals surface area contributed by atoms with Crippen LogP contribution >= 0.6 is 0 Å². The monoisotopic (exact) mass is 213 g/mol. The minimum absolute atomic E-state index is 0.150. The van der Waals surface area contributed by atoms with Gasteiger partial charge in [-0.3, -0.25) is 10.5 Å². The Morgan fingerprint density at radius 3 is 2.40 bits per heavy atom. The molecule has 0 aliphatic carbocycles. The van der Waals surface area contributed by atoms with Crippen molar-refractivity contribution in [1.82, 2.24) is 5.32 Å². The van der Waals surface area contributed by atoms with Crippen molar-refractivity contribution in [2.24, 2.45) is 0 Å². The van der Waals surface area contributed by atoms with Gasteiger partial charge in [0.25, 0.3) is 0 Å². The molecule has 0 saturated carbocycles. The van der Waals surface area contributed by atoms with Gasteiger partial charge < -0.3 is 5.32 Å². The second-order valence-electron chi connectivity index (χ2n) is 3.17. The van der Waals surface area contributed by atoms with E-state index in [0.717, 1.165) is 11.1 Å². The molecule has 0 heterocycles. The maximum absolute atomic E-state index is 8.68. The predicted molar refractivity (Wildman–Crippen MR) is 54.2 cm³/mol. The van der Waals surface area contributed by atoms with Crippen molar-refractivity contribution in [2.75, 3.05) is 13.6 Å². The molecule has 1 aromatic carbocycles. The van der Waals surface area contributed by atoms with Crippen molar-refractivity contribution < 1.29 is 20.3 Å². The van der Waals surface area contributed by atoms with Gasteiger partial charge >= 0.3 is 0 Å². The van der Waals surface area contributed by atoms with Gasteiger partial charge in [-0.05, 0) is 18.2 Å². The zero-order valence-electron chi connectivity index (χ0n) is 8.51. The summed E-state index contributed by atoms with van der Waals surface area (Å²) in [6, 6.07) is 7.22. The number of nitrogens with one attached hydrogen (secondary N) is 1. The van der Waals surface area contributed by atoms with Crippen molar-refractivity contribution in [1.29, 1.82) is 0 Å². The van der Waals surface area contributed by atoms with E-state index in [1.54, 1.807) is 19.2 Å². The molecule has 5 heteroatoms. The maximum Gasteiger partial charge on any atom is 0.130 e. The second-order valence-corrected chi connectivity index (χ2v) is 3.17.